The van der Waals surface area contributed by atoms with E-state index in [4.69, 9.17) is 17.3 Å². The zero-order chi connectivity index (χ0) is 21.1. The Morgan fingerprint density at radius 3 is 2.48 bits per heavy atom. The van der Waals surface area contributed by atoms with Gasteiger partial charge in [-0.25, -0.2) is 4.79 Å². The highest BCUT2D eigenvalue weighted by Gasteiger charge is 2.26. The molecule has 1 heterocycles. The molecule has 0 fully saturated rings. The SMILES string of the molecule is CCc1c(CC(N)=O)c2c(C(=O)C(=O)OC)cccc2n1Cc1cccc(Cl)c1. The molecule has 0 atom stereocenters. The van der Waals surface area contributed by atoms with Gasteiger partial charge < -0.3 is 15.0 Å². The summed E-state index contributed by atoms with van der Waals surface area (Å²) < 4.78 is 6.64. The maximum atomic E-state index is 12.6. The van der Waals surface area contributed by atoms with Crippen molar-refractivity contribution in [3.8, 4) is 0 Å². The normalized spacial score (nSPS) is 10.9. The molecule has 0 unspecified atom stereocenters. The molecule has 29 heavy (non-hydrogen) atoms. The van der Waals surface area contributed by atoms with Crippen molar-refractivity contribution in [3.63, 3.8) is 0 Å². The zero-order valence-corrected chi connectivity index (χ0v) is 17.0. The lowest BCUT2D eigenvalue weighted by Gasteiger charge is -2.11. The molecule has 0 saturated carbocycles. The van der Waals surface area contributed by atoms with Crippen LogP contribution in [0.1, 0.15) is 34.1 Å². The number of halogens is 1. The summed E-state index contributed by atoms with van der Waals surface area (Å²) in [5.74, 6) is -2.23. The van der Waals surface area contributed by atoms with Gasteiger partial charge >= 0.3 is 5.97 Å². The molecule has 6 nitrogen and oxygen atoms in total. The van der Waals surface area contributed by atoms with Crippen LogP contribution in [-0.4, -0.2) is 29.3 Å². The molecule has 1 amide bonds. The van der Waals surface area contributed by atoms with Crippen LogP contribution in [0.15, 0.2) is 42.5 Å². The molecular weight excluding hydrogens is 392 g/mol. The number of amides is 1. The number of ether oxygens (including phenoxy) is 1. The summed E-state index contributed by atoms with van der Waals surface area (Å²) >= 11 is 6.13. The second-order valence-electron chi connectivity index (χ2n) is 6.66. The first-order valence-electron chi connectivity index (χ1n) is 9.15. The molecule has 0 spiro atoms. The molecule has 0 aliphatic carbocycles. The quantitative estimate of drug-likeness (QED) is 0.366. The molecular formula is C22H21ClN2O4. The minimum atomic E-state index is -0.955. The van der Waals surface area contributed by atoms with Crippen molar-refractivity contribution in [2.75, 3.05) is 7.11 Å². The molecule has 3 aromatic rings. The van der Waals surface area contributed by atoms with Gasteiger partial charge in [0.05, 0.1) is 13.5 Å². The minimum absolute atomic E-state index is 0.0340. The maximum absolute atomic E-state index is 12.6. The summed E-state index contributed by atoms with van der Waals surface area (Å²) in [6.07, 6.45) is 0.581. The van der Waals surface area contributed by atoms with Crippen molar-refractivity contribution in [3.05, 3.63) is 69.9 Å². The fraction of sp³-hybridized carbons (Fsp3) is 0.227. The third-order valence-corrected chi connectivity index (χ3v) is 5.08. The number of aromatic nitrogens is 1. The summed E-state index contributed by atoms with van der Waals surface area (Å²) in [5.41, 5.74) is 8.94. The number of nitrogens with two attached hydrogens (primary N) is 1. The van der Waals surface area contributed by atoms with Crippen LogP contribution in [0.2, 0.25) is 5.02 Å². The summed E-state index contributed by atoms with van der Waals surface area (Å²) in [6, 6.07) is 12.6. The van der Waals surface area contributed by atoms with E-state index in [1.165, 1.54) is 0 Å². The van der Waals surface area contributed by atoms with Gasteiger partial charge in [-0.2, -0.15) is 0 Å². The largest absolute Gasteiger partial charge is 0.463 e. The van der Waals surface area contributed by atoms with Gasteiger partial charge in [0, 0.05) is 33.7 Å². The zero-order valence-electron chi connectivity index (χ0n) is 16.2. The molecule has 2 N–H and O–H groups in total. The number of methoxy groups -OCH3 is 1. The van der Waals surface area contributed by atoms with E-state index < -0.39 is 17.7 Å². The van der Waals surface area contributed by atoms with Crippen molar-refractivity contribution in [1.82, 2.24) is 4.57 Å². The number of Topliss-reactive ketones (excluding diaryl/α,β-unsaturated/α-hetero) is 1. The Balaban J connectivity index is 2.30. The number of carbonyl (C=O) groups excluding carboxylic acids is 3. The molecule has 0 radical (unpaired) electrons. The van der Waals surface area contributed by atoms with Crippen LogP contribution < -0.4 is 5.73 Å². The number of primary amides is 1. The fourth-order valence-corrected chi connectivity index (χ4v) is 3.91. The number of nitrogens with zero attached hydrogens (tertiary/aromatic N) is 1. The van der Waals surface area contributed by atoms with Gasteiger partial charge in [0.2, 0.25) is 5.91 Å². The number of benzene rings is 2. The molecule has 3 rings (SSSR count). The van der Waals surface area contributed by atoms with Crippen molar-refractivity contribution in [2.24, 2.45) is 5.73 Å². The van der Waals surface area contributed by atoms with E-state index >= 15 is 0 Å². The van der Waals surface area contributed by atoms with Crippen LogP contribution in [0.25, 0.3) is 10.9 Å². The minimum Gasteiger partial charge on any atom is -0.463 e. The third kappa shape index (κ3) is 4.03. The number of hydrogen-bond donors (Lipinski definition) is 1. The lowest BCUT2D eigenvalue weighted by Crippen LogP contribution is -2.17. The van der Waals surface area contributed by atoms with Gasteiger partial charge in [-0.3, -0.25) is 9.59 Å². The summed E-state index contributed by atoms with van der Waals surface area (Å²) in [4.78, 5) is 36.3. The van der Waals surface area contributed by atoms with E-state index in [2.05, 4.69) is 4.74 Å². The summed E-state index contributed by atoms with van der Waals surface area (Å²) in [7, 11) is 1.16. The van der Waals surface area contributed by atoms with Gasteiger partial charge in [-0.15, -0.1) is 0 Å². The number of carbonyl (C=O) groups is 3. The first-order valence-corrected chi connectivity index (χ1v) is 9.53. The average molecular weight is 413 g/mol. The summed E-state index contributed by atoms with van der Waals surface area (Å²) in [5, 5.41) is 1.18. The number of esters is 1. The van der Waals surface area contributed by atoms with E-state index in [0.717, 1.165) is 23.9 Å². The molecule has 150 valence electrons. The molecule has 7 heteroatoms. The standard InChI is InChI=1S/C22H21ClN2O4/c1-3-17-16(11-19(24)26)20-15(21(27)22(28)29-2)8-5-9-18(20)25(17)12-13-6-4-7-14(23)10-13/h4-10H,3,11-12H2,1-2H3,(H2,24,26). The Morgan fingerprint density at radius 1 is 1.14 bits per heavy atom. The second-order valence-corrected chi connectivity index (χ2v) is 7.09. The first-order chi connectivity index (χ1) is 13.9. The van der Waals surface area contributed by atoms with Crippen LogP contribution in [0.4, 0.5) is 0 Å². The lowest BCUT2D eigenvalue weighted by atomic mass is 9.99. The van der Waals surface area contributed by atoms with E-state index in [-0.39, 0.29) is 12.0 Å². The van der Waals surface area contributed by atoms with Crippen molar-refractivity contribution < 1.29 is 19.1 Å². The van der Waals surface area contributed by atoms with Gasteiger partial charge in [0.25, 0.3) is 5.78 Å². The van der Waals surface area contributed by atoms with Crippen molar-refractivity contribution in [2.45, 2.75) is 26.3 Å². The number of fused-ring (bicyclic) bond motifs is 1. The molecule has 0 bridgehead atoms. The van der Waals surface area contributed by atoms with Crippen LogP contribution in [-0.2, 0) is 33.7 Å². The van der Waals surface area contributed by atoms with Crippen LogP contribution in [0.5, 0.6) is 0 Å². The van der Waals surface area contributed by atoms with Crippen LogP contribution in [0.3, 0.4) is 0 Å². The maximum Gasteiger partial charge on any atom is 0.379 e. The topological polar surface area (TPSA) is 91.4 Å². The Kier molecular flexibility index (Phi) is 6.03. The highest BCUT2D eigenvalue weighted by molar-refractivity contribution is 6.43. The lowest BCUT2D eigenvalue weighted by molar-refractivity contribution is -0.135. The monoisotopic (exact) mass is 412 g/mol. The molecule has 0 aliphatic heterocycles. The van der Waals surface area contributed by atoms with Crippen LogP contribution >= 0.6 is 11.6 Å². The molecule has 0 saturated heterocycles. The molecule has 2 aromatic carbocycles. The predicted molar refractivity (Wildman–Crippen MR) is 111 cm³/mol. The Hall–Kier alpha value is -3.12. The fourth-order valence-electron chi connectivity index (χ4n) is 3.69. The van der Waals surface area contributed by atoms with E-state index in [1.54, 1.807) is 18.2 Å². The Bertz CT molecular complexity index is 1120. The number of hydrogen-bond acceptors (Lipinski definition) is 4. The number of ketones is 1. The van der Waals surface area contributed by atoms with Crippen molar-refractivity contribution in [1.29, 1.82) is 0 Å². The average Bonchev–Trinajstić information content (AvgIpc) is 2.99. The van der Waals surface area contributed by atoms with E-state index in [0.29, 0.717) is 28.9 Å². The second kappa shape index (κ2) is 8.49. The van der Waals surface area contributed by atoms with E-state index in [1.807, 2.05) is 35.8 Å². The highest BCUT2D eigenvalue weighted by atomic mass is 35.5. The molecule has 0 aliphatic rings. The van der Waals surface area contributed by atoms with Crippen molar-refractivity contribution >= 4 is 40.2 Å². The Morgan fingerprint density at radius 2 is 1.86 bits per heavy atom. The highest BCUT2D eigenvalue weighted by Crippen LogP contribution is 2.32. The smallest absolute Gasteiger partial charge is 0.379 e. The van der Waals surface area contributed by atoms with Gasteiger partial charge in [0.15, 0.2) is 0 Å². The van der Waals surface area contributed by atoms with Gasteiger partial charge in [0.1, 0.15) is 0 Å². The summed E-state index contributed by atoms with van der Waals surface area (Å²) in [6.45, 7) is 2.46. The van der Waals surface area contributed by atoms with E-state index in [9.17, 15) is 14.4 Å². The van der Waals surface area contributed by atoms with Crippen LogP contribution in [0, 0.1) is 0 Å². The van der Waals surface area contributed by atoms with Gasteiger partial charge in [-0.05, 0) is 35.7 Å². The predicted octanol–water partition coefficient (Wildman–Crippen LogP) is 3.29. The first kappa shape index (κ1) is 20.6. The third-order valence-electron chi connectivity index (χ3n) is 4.84. The number of rotatable bonds is 7. The molecule has 1 aromatic heterocycles. The van der Waals surface area contributed by atoms with Gasteiger partial charge in [-0.1, -0.05) is 42.8 Å². The Labute approximate surface area is 173 Å².